The first-order valence-electron chi connectivity index (χ1n) is 3.31. The van der Waals surface area contributed by atoms with Crippen molar-refractivity contribution in [3.8, 4) is 0 Å². The van der Waals surface area contributed by atoms with E-state index in [0.717, 1.165) is 4.47 Å². The Bertz CT molecular complexity index is 317. The average Bonchev–Trinajstić information content (AvgIpc) is 2.03. The van der Waals surface area contributed by atoms with E-state index in [4.69, 9.17) is 5.39 Å². The summed E-state index contributed by atoms with van der Waals surface area (Å²) in [7, 11) is -6.00. The fourth-order valence-corrected chi connectivity index (χ4v) is 0.772. The molecule has 8 heteroatoms. The van der Waals surface area contributed by atoms with Gasteiger partial charge in [-0.25, -0.2) is 0 Å². The maximum Gasteiger partial charge on any atom is 1.00 e. The molecular weight excluding hydrogens is 267 g/mol. The van der Waals surface area contributed by atoms with Crippen LogP contribution in [0, 0.1) is 5.39 Å². The second kappa shape index (κ2) is 5.60. The molecule has 0 atom stereocenters. The minimum atomic E-state index is -6.00. The summed E-state index contributed by atoms with van der Waals surface area (Å²) >= 11 is 3.25. The summed E-state index contributed by atoms with van der Waals surface area (Å²) in [5, 5.41) is 8.24. The first-order valence-corrected chi connectivity index (χ1v) is 4.10. The van der Waals surface area contributed by atoms with Crippen molar-refractivity contribution in [2.45, 2.75) is 0 Å². The molecule has 1 rings (SSSR count). The van der Waals surface area contributed by atoms with Gasteiger partial charge in [-0.1, -0.05) is 15.9 Å². The molecule has 0 aliphatic heterocycles. The van der Waals surface area contributed by atoms with Crippen molar-refractivity contribution in [2.75, 3.05) is 0 Å². The molecule has 1 aromatic rings. The Labute approximate surface area is 87.3 Å². The Balaban J connectivity index is 0. The first-order chi connectivity index (χ1) is 6.33. The van der Waals surface area contributed by atoms with E-state index in [1.807, 2.05) is 12.1 Å². The van der Waals surface area contributed by atoms with Crippen LogP contribution in [-0.4, -0.2) is 7.25 Å². The summed E-state index contributed by atoms with van der Waals surface area (Å²) in [5.41, 5.74) is 0.568. The molecule has 2 nitrogen and oxygen atoms in total. The molecule has 0 heterocycles. The number of diazo groups is 1. The standard InChI is InChI=1S/C6H4BrN2.BF4/c7-5-1-3-6(9-8)4-2-5;2-1(3,4)5/h1-4H;/q+1;-1/p+1. The first kappa shape index (κ1) is 12.9. The molecule has 0 aromatic heterocycles. The molecule has 0 radical (unpaired) electrons. The highest BCUT2D eigenvalue weighted by Gasteiger charge is 2.20. The average molecular weight is 272 g/mol. The zero-order valence-corrected chi connectivity index (χ0v) is 8.26. The zero-order chi connectivity index (χ0) is 11.2. The van der Waals surface area contributed by atoms with Gasteiger partial charge in [-0.05, 0) is 12.1 Å². The van der Waals surface area contributed by atoms with Crippen LogP contribution in [0.25, 0.3) is 4.98 Å². The fourth-order valence-electron chi connectivity index (χ4n) is 0.508. The molecule has 0 unspecified atom stereocenters. The molecule has 0 N–H and O–H groups in total. The van der Waals surface area contributed by atoms with Crippen LogP contribution in [-0.2, 0) is 0 Å². The third-order valence-corrected chi connectivity index (χ3v) is 1.47. The van der Waals surface area contributed by atoms with E-state index in [0.29, 0.717) is 5.69 Å². The van der Waals surface area contributed by atoms with Crippen LogP contribution in [0.4, 0.5) is 23.0 Å². The number of hydrogen-bond acceptors (Lipinski definition) is 1. The molecule has 1 aromatic carbocycles. The number of benzene rings is 1. The van der Waals surface area contributed by atoms with E-state index >= 15 is 0 Å². The molecule has 14 heavy (non-hydrogen) atoms. The lowest BCUT2D eigenvalue weighted by Gasteiger charge is -1.94. The molecule has 0 fully saturated rings. The Morgan fingerprint density at radius 1 is 1.14 bits per heavy atom. The molecule has 0 spiro atoms. The van der Waals surface area contributed by atoms with Gasteiger partial charge in [0.25, 0.3) is 0 Å². The Hall–Kier alpha value is -1.10. The molecule has 0 bridgehead atoms. The van der Waals surface area contributed by atoms with Crippen molar-refractivity contribution in [1.82, 2.24) is 0 Å². The van der Waals surface area contributed by atoms with Crippen molar-refractivity contribution in [1.29, 1.82) is 5.39 Å². The molecular formula is C6H5BBrF4N2+. The van der Waals surface area contributed by atoms with Crippen molar-refractivity contribution in [3.05, 3.63) is 33.7 Å². The van der Waals surface area contributed by atoms with Gasteiger partial charge in [-0.2, -0.15) is 0 Å². The summed E-state index contributed by atoms with van der Waals surface area (Å²) < 4.78 is 40.0. The summed E-state index contributed by atoms with van der Waals surface area (Å²) in [6.07, 6.45) is 0. The zero-order valence-electron chi connectivity index (χ0n) is 7.67. The lowest BCUT2D eigenvalue weighted by molar-refractivity contribution is 0.368. The predicted octanol–water partition coefficient (Wildman–Crippen LogP) is 4.35. The molecule has 0 aliphatic rings. The van der Waals surface area contributed by atoms with E-state index < -0.39 is 7.25 Å². The summed E-state index contributed by atoms with van der Waals surface area (Å²) in [6.45, 7) is 0. The molecule has 0 saturated heterocycles. The normalized spacial score (nSPS) is 9.71. The Morgan fingerprint density at radius 2 is 1.50 bits per heavy atom. The van der Waals surface area contributed by atoms with E-state index in [-0.39, 0.29) is 1.43 Å². The smallest absolute Gasteiger partial charge is 0.418 e. The Kier molecular flexibility index (Phi) is 5.16. The van der Waals surface area contributed by atoms with Gasteiger partial charge >= 0.3 is 14.4 Å². The highest BCUT2D eigenvalue weighted by atomic mass is 79.9. The summed E-state index contributed by atoms with van der Waals surface area (Å²) in [4.78, 5) is 2.99. The fraction of sp³-hybridized carbons (Fsp3) is 0. The molecule has 0 saturated carbocycles. The van der Waals surface area contributed by atoms with Gasteiger partial charge in [0.15, 0.2) is 4.98 Å². The molecule has 0 aliphatic carbocycles. The maximum absolute atomic E-state index is 9.75. The van der Waals surface area contributed by atoms with Gasteiger partial charge in [0, 0.05) is 16.6 Å². The minimum Gasteiger partial charge on any atom is -0.418 e. The maximum atomic E-state index is 9.75. The third-order valence-electron chi connectivity index (χ3n) is 0.942. The predicted molar refractivity (Wildman–Crippen MR) is 50.2 cm³/mol. The second-order valence-electron chi connectivity index (χ2n) is 2.07. The van der Waals surface area contributed by atoms with E-state index in [1.54, 1.807) is 12.1 Å². The van der Waals surface area contributed by atoms with Crippen molar-refractivity contribution in [2.24, 2.45) is 0 Å². The monoisotopic (exact) mass is 271 g/mol. The second-order valence-corrected chi connectivity index (χ2v) is 2.99. The summed E-state index contributed by atoms with van der Waals surface area (Å²) in [6, 6.07) is 7.05. The van der Waals surface area contributed by atoms with Crippen LogP contribution in [0.2, 0.25) is 0 Å². The van der Waals surface area contributed by atoms with Crippen LogP contribution in [0.5, 0.6) is 0 Å². The number of hydrogen-bond donors (Lipinski definition) is 0. The lowest BCUT2D eigenvalue weighted by Crippen LogP contribution is -2.02. The van der Waals surface area contributed by atoms with Gasteiger partial charge < -0.3 is 17.3 Å². The quantitative estimate of drug-likeness (QED) is 0.392. The van der Waals surface area contributed by atoms with Crippen LogP contribution >= 0.6 is 15.9 Å². The van der Waals surface area contributed by atoms with Gasteiger partial charge in [0.05, 0.1) is 0 Å². The highest BCUT2D eigenvalue weighted by Crippen LogP contribution is 2.15. The van der Waals surface area contributed by atoms with Crippen LogP contribution in [0.3, 0.4) is 0 Å². The topological polar surface area (TPSA) is 28.1 Å². The SMILES string of the molecule is F[B-](F)(F)F.N#[N+]c1ccc(Br)cc1.[H+]. The van der Waals surface area contributed by atoms with Crippen LogP contribution in [0.15, 0.2) is 28.7 Å². The van der Waals surface area contributed by atoms with E-state index in [2.05, 4.69) is 20.9 Å². The summed E-state index contributed by atoms with van der Waals surface area (Å²) in [5.74, 6) is 0. The lowest BCUT2D eigenvalue weighted by atomic mass is 10.3. The van der Waals surface area contributed by atoms with Gasteiger partial charge in [-0.3, -0.25) is 0 Å². The van der Waals surface area contributed by atoms with E-state index in [1.165, 1.54) is 0 Å². The van der Waals surface area contributed by atoms with Gasteiger partial charge in [0.1, 0.15) is 0 Å². The number of nitrogens with zero attached hydrogens (tertiary/aromatic N) is 2. The largest absolute Gasteiger partial charge is 1.00 e. The number of halogens is 5. The van der Waals surface area contributed by atoms with Gasteiger partial charge in [0.2, 0.25) is 5.39 Å². The van der Waals surface area contributed by atoms with Crippen molar-refractivity contribution >= 4 is 28.9 Å². The highest BCUT2D eigenvalue weighted by molar-refractivity contribution is 9.10. The van der Waals surface area contributed by atoms with Crippen LogP contribution < -0.4 is 0 Å². The number of rotatable bonds is 0. The van der Waals surface area contributed by atoms with E-state index in [9.17, 15) is 17.3 Å². The van der Waals surface area contributed by atoms with Crippen molar-refractivity contribution < 1.29 is 18.7 Å². The van der Waals surface area contributed by atoms with Crippen LogP contribution in [0.1, 0.15) is 1.43 Å². The molecule has 0 amide bonds. The van der Waals surface area contributed by atoms with Crippen molar-refractivity contribution in [3.63, 3.8) is 0 Å². The van der Waals surface area contributed by atoms with Gasteiger partial charge in [-0.15, -0.1) is 0 Å². The Morgan fingerprint density at radius 3 is 1.79 bits per heavy atom. The third kappa shape index (κ3) is 9.00. The minimum absolute atomic E-state index is 0. The molecule has 76 valence electrons.